The molecular weight excluding hydrogens is 444 g/mol. The molecular formula is C24H23ClN4O4. The first kappa shape index (κ1) is 21.5. The van der Waals surface area contributed by atoms with Crippen LogP contribution in [0.25, 0.3) is 5.69 Å². The number of nitrogens with zero attached hydrogens (tertiary/aromatic N) is 4. The number of fused-ring (bicyclic) bond motifs is 1. The number of halogens is 1. The fourth-order valence-corrected chi connectivity index (χ4v) is 4.34. The topological polar surface area (TPSA) is 76.9 Å². The predicted octanol–water partition coefficient (Wildman–Crippen LogP) is 2.88. The molecule has 1 amide bonds. The molecule has 0 radical (unpaired) electrons. The summed E-state index contributed by atoms with van der Waals surface area (Å²) < 4.78 is 12.4. The maximum absolute atomic E-state index is 13.2. The molecule has 33 heavy (non-hydrogen) atoms. The number of piperazine rings is 1. The molecule has 0 bridgehead atoms. The first-order valence-corrected chi connectivity index (χ1v) is 11.1. The molecule has 0 spiro atoms. The standard InChI is InChI=1S/C24H23ClN4O4/c1-16-12-20(30)23(26-29(16)19-5-3-2-4-18(19)25)24(31)28-10-8-27(9-11-28)14-17-6-7-21-22(13-17)33-15-32-21/h2-7,12-13H,8-11,14-15H2,1H3. The second-order valence-electron chi connectivity index (χ2n) is 8.12. The molecule has 0 atom stereocenters. The Bertz CT molecular complexity index is 1270. The number of benzene rings is 2. The first-order chi connectivity index (χ1) is 16.0. The van der Waals surface area contributed by atoms with Crippen LogP contribution in [0.5, 0.6) is 11.5 Å². The second-order valence-corrected chi connectivity index (χ2v) is 8.52. The van der Waals surface area contributed by atoms with Gasteiger partial charge in [-0.2, -0.15) is 5.10 Å². The highest BCUT2D eigenvalue weighted by Gasteiger charge is 2.26. The van der Waals surface area contributed by atoms with E-state index in [1.54, 1.807) is 28.6 Å². The molecule has 0 saturated carbocycles. The van der Waals surface area contributed by atoms with E-state index >= 15 is 0 Å². The van der Waals surface area contributed by atoms with Crippen LogP contribution < -0.4 is 14.9 Å². The monoisotopic (exact) mass is 466 g/mol. The molecule has 9 heteroatoms. The van der Waals surface area contributed by atoms with Crippen molar-refractivity contribution in [2.75, 3.05) is 33.0 Å². The van der Waals surface area contributed by atoms with Crippen LogP contribution in [0.2, 0.25) is 5.02 Å². The van der Waals surface area contributed by atoms with Gasteiger partial charge in [0.2, 0.25) is 12.2 Å². The Morgan fingerprint density at radius 2 is 1.79 bits per heavy atom. The van der Waals surface area contributed by atoms with Crippen molar-refractivity contribution in [2.45, 2.75) is 13.5 Å². The van der Waals surface area contributed by atoms with E-state index < -0.39 is 0 Å². The van der Waals surface area contributed by atoms with E-state index in [0.29, 0.717) is 42.6 Å². The molecule has 0 N–H and O–H groups in total. The van der Waals surface area contributed by atoms with Gasteiger partial charge in [-0.1, -0.05) is 29.8 Å². The van der Waals surface area contributed by atoms with E-state index in [9.17, 15) is 9.59 Å². The number of hydrogen-bond acceptors (Lipinski definition) is 6. The Balaban J connectivity index is 1.29. The Morgan fingerprint density at radius 3 is 2.58 bits per heavy atom. The van der Waals surface area contributed by atoms with Gasteiger partial charge >= 0.3 is 0 Å². The van der Waals surface area contributed by atoms with Gasteiger partial charge in [-0.15, -0.1) is 0 Å². The maximum atomic E-state index is 13.2. The quantitative estimate of drug-likeness (QED) is 0.588. The Hall–Kier alpha value is -3.36. The fourth-order valence-electron chi connectivity index (χ4n) is 4.12. The van der Waals surface area contributed by atoms with E-state index in [-0.39, 0.29) is 23.8 Å². The second kappa shape index (κ2) is 8.88. The van der Waals surface area contributed by atoms with Gasteiger partial charge in [0.05, 0.1) is 10.7 Å². The number of carbonyl (C=O) groups is 1. The molecule has 1 aromatic heterocycles. The van der Waals surface area contributed by atoms with Crippen LogP contribution in [-0.4, -0.2) is 58.5 Å². The van der Waals surface area contributed by atoms with Crippen LogP contribution >= 0.6 is 11.6 Å². The molecule has 8 nitrogen and oxygen atoms in total. The van der Waals surface area contributed by atoms with Gasteiger partial charge in [0.15, 0.2) is 17.2 Å². The lowest BCUT2D eigenvalue weighted by Crippen LogP contribution is -2.49. The molecule has 2 aliphatic rings. The molecule has 1 saturated heterocycles. The molecule has 1 fully saturated rings. The average Bonchev–Trinajstić information content (AvgIpc) is 3.28. The molecule has 3 aromatic rings. The van der Waals surface area contributed by atoms with Gasteiger partial charge < -0.3 is 14.4 Å². The SMILES string of the molecule is Cc1cc(=O)c(C(=O)N2CCN(Cc3ccc4c(c3)OCO4)CC2)nn1-c1ccccc1Cl. The van der Waals surface area contributed by atoms with Crippen molar-refractivity contribution in [3.63, 3.8) is 0 Å². The van der Waals surface area contributed by atoms with E-state index in [4.69, 9.17) is 21.1 Å². The largest absolute Gasteiger partial charge is 0.454 e. The smallest absolute Gasteiger partial charge is 0.278 e. The number of carbonyl (C=O) groups excluding carboxylic acids is 1. The van der Waals surface area contributed by atoms with Crippen molar-refractivity contribution in [2.24, 2.45) is 0 Å². The van der Waals surface area contributed by atoms with Crippen molar-refractivity contribution >= 4 is 17.5 Å². The van der Waals surface area contributed by atoms with Crippen LogP contribution in [0.15, 0.2) is 53.3 Å². The molecule has 2 aliphatic heterocycles. The maximum Gasteiger partial charge on any atom is 0.278 e. The van der Waals surface area contributed by atoms with E-state index in [0.717, 1.165) is 23.6 Å². The zero-order valence-corrected chi connectivity index (χ0v) is 18.9. The van der Waals surface area contributed by atoms with E-state index in [1.165, 1.54) is 6.07 Å². The lowest BCUT2D eigenvalue weighted by Gasteiger charge is -2.34. The minimum Gasteiger partial charge on any atom is -0.454 e. The molecule has 0 aliphatic carbocycles. The van der Waals surface area contributed by atoms with Crippen molar-refractivity contribution in [3.05, 3.63) is 80.7 Å². The third-order valence-electron chi connectivity index (χ3n) is 5.89. The van der Waals surface area contributed by atoms with Gasteiger partial charge in [0, 0.05) is 44.5 Å². The third-order valence-corrected chi connectivity index (χ3v) is 6.21. The third kappa shape index (κ3) is 4.31. The lowest BCUT2D eigenvalue weighted by atomic mass is 10.1. The highest BCUT2D eigenvalue weighted by molar-refractivity contribution is 6.32. The minimum absolute atomic E-state index is 0.0928. The number of aromatic nitrogens is 2. The number of rotatable bonds is 4. The summed E-state index contributed by atoms with van der Waals surface area (Å²) in [7, 11) is 0. The molecule has 3 heterocycles. The molecule has 5 rings (SSSR count). The van der Waals surface area contributed by atoms with Gasteiger partial charge in [0.25, 0.3) is 5.91 Å². The summed E-state index contributed by atoms with van der Waals surface area (Å²) in [4.78, 5) is 29.7. The van der Waals surface area contributed by atoms with Crippen molar-refractivity contribution in [1.29, 1.82) is 0 Å². The van der Waals surface area contributed by atoms with Gasteiger partial charge in [0.1, 0.15) is 0 Å². The van der Waals surface area contributed by atoms with Crippen molar-refractivity contribution in [1.82, 2.24) is 19.6 Å². The van der Waals surface area contributed by atoms with Crippen LogP contribution in [0.3, 0.4) is 0 Å². The summed E-state index contributed by atoms with van der Waals surface area (Å²) in [6, 6.07) is 14.6. The van der Waals surface area contributed by atoms with Crippen molar-refractivity contribution in [3.8, 4) is 17.2 Å². The normalized spacial score (nSPS) is 15.6. The first-order valence-electron chi connectivity index (χ1n) is 10.8. The van der Waals surface area contributed by atoms with E-state index in [2.05, 4.69) is 10.00 Å². The van der Waals surface area contributed by atoms with Crippen LogP contribution in [-0.2, 0) is 6.54 Å². The Morgan fingerprint density at radius 1 is 1.03 bits per heavy atom. The summed E-state index contributed by atoms with van der Waals surface area (Å²) in [5.41, 5.74) is 1.88. The van der Waals surface area contributed by atoms with Gasteiger partial charge in [-0.05, 0) is 36.8 Å². The minimum atomic E-state index is -0.386. The summed E-state index contributed by atoms with van der Waals surface area (Å²) in [5.74, 6) is 1.17. The number of hydrogen-bond donors (Lipinski definition) is 0. The van der Waals surface area contributed by atoms with Crippen molar-refractivity contribution < 1.29 is 14.3 Å². The average molecular weight is 467 g/mol. The fraction of sp³-hybridized carbons (Fsp3) is 0.292. The number of aryl methyl sites for hydroxylation is 1. The van der Waals surface area contributed by atoms with Gasteiger partial charge in [-0.3, -0.25) is 14.5 Å². The highest BCUT2D eigenvalue weighted by Crippen LogP contribution is 2.32. The molecule has 2 aromatic carbocycles. The van der Waals surface area contributed by atoms with Gasteiger partial charge in [-0.25, -0.2) is 4.68 Å². The van der Waals surface area contributed by atoms with Crippen LogP contribution in [0.1, 0.15) is 21.7 Å². The Labute approximate surface area is 195 Å². The Kier molecular flexibility index (Phi) is 5.78. The van der Waals surface area contributed by atoms with Crippen LogP contribution in [0.4, 0.5) is 0 Å². The predicted molar refractivity (Wildman–Crippen MR) is 123 cm³/mol. The summed E-state index contributed by atoms with van der Waals surface area (Å²) in [6.07, 6.45) is 0. The molecule has 170 valence electrons. The zero-order chi connectivity index (χ0) is 22.9. The number of amides is 1. The number of para-hydroxylation sites is 1. The number of ether oxygens (including phenoxy) is 2. The molecule has 0 unspecified atom stereocenters. The highest BCUT2D eigenvalue weighted by atomic mass is 35.5. The lowest BCUT2D eigenvalue weighted by molar-refractivity contribution is 0.0619. The summed E-state index contributed by atoms with van der Waals surface area (Å²) in [6.45, 7) is 5.21. The zero-order valence-electron chi connectivity index (χ0n) is 18.2. The van der Waals surface area contributed by atoms with Crippen LogP contribution in [0, 0.1) is 6.92 Å². The summed E-state index contributed by atoms with van der Waals surface area (Å²) >= 11 is 6.31. The summed E-state index contributed by atoms with van der Waals surface area (Å²) in [5, 5.41) is 4.88. The van der Waals surface area contributed by atoms with E-state index in [1.807, 2.05) is 30.3 Å².